The van der Waals surface area contributed by atoms with Crippen LogP contribution in [0.4, 0.5) is 0 Å². The summed E-state index contributed by atoms with van der Waals surface area (Å²) in [6.07, 6.45) is -4.86. The molecule has 2 aromatic rings. The van der Waals surface area contributed by atoms with Crippen molar-refractivity contribution in [1.82, 2.24) is 3.99 Å². The number of phenols is 2. The number of fused-ring (bicyclic) bond motifs is 3. The van der Waals surface area contributed by atoms with Crippen LogP contribution >= 0.6 is 0 Å². The van der Waals surface area contributed by atoms with Crippen LogP contribution in [0.25, 0.3) is 0 Å². The summed E-state index contributed by atoms with van der Waals surface area (Å²) < 4.78 is 26.0. The van der Waals surface area contributed by atoms with Gasteiger partial charge in [-0.1, -0.05) is 12.1 Å². The molecule has 3 aliphatic rings. The molecule has 5 rings (SSSR count). The molecule has 8 N–H and O–H groups in total. The summed E-state index contributed by atoms with van der Waals surface area (Å²) in [6, 6.07) is 3.89. The molecule has 0 amide bonds. The summed E-state index contributed by atoms with van der Waals surface area (Å²) in [5.41, 5.74) is -3.59. The van der Waals surface area contributed by atoms with Gasteiger partial charge in [0.2, 0.25) is 0 Å². The molecule has 223 valence electrons. The number of Topliss-reactive ketones (excluding diaryl/α,β-unsaturated/α-hetero) is 1. The van der Waals surface area contributed by atoms with Crippen molar-refractivity contribution in [2.24, 2.45) is 4.40 Å². The normalized spacial score (nSPS) is 29.1. The average Bonchev–Trinajstić information content (AvgIpc) is 2.95. The van der Waals surface area contributed by atoms with Gasteiger partial charge in [0.25, 0.3) is 0 Å². The van der Waals surface area contributed by atoms with E-state index in [4.69, 9.17) is 18.6 Å². The average molecular weight is 751 g/mol. The molecule has 2 aliphatic carbocycles. The first-order valence-corrected chi connectivity index (χ1v) is 15.3. The number of benzene rings is 2. The van der Waals surface area contributed by atoms with E-state index in [-0.39, 0.29) is 34.4 Å². The number of aliphatic hydroxyl groups is 3. The topological polar surface area (TPSA) is 218 Å². The second-order valence-electron chi connectivity index (χ2n) is 10.3. The van der Waals surface area contributed by atoms with Crippen molar-refractivity contribution in [3.05, 3.63) is 51.6 Å². The Bertz CT molecular complexity index is 1430. The van der Waals surface area contributed by atoms with Crippen molar-refractivity contribution in [2.75, 3.05) is 13.7 Å². The molecular formula is C27H30IrN2O11. The first-order chi connectivity index (χ1) is 19.5. The van der Waals surface area contributed by atoms with Gasteiger partial charge < -0.3 is 4.74 Å². The van der Waals surface area contributed by atoms with E-state index in [0.717, 1.165) is 0 Å². The van der Waals surface area contributed by atoms with E-state index in [9.17, 15) is 39.9 Å². The van der Waals surface area contributed by atoms with Crippen molar-refractivity contribution in [3.8, 4) is 17.2 Å². The molecule has 1 heterocycles. The second-order valence-corrected chi connectivity index (χ2v) is 11.7. The molecule has 0 bridgehead atoms. The number of carbonyl (C=O) groups is 3. The van der Waals surface area contributed by atoms with Crippen molar-refractivity contribution < 1.29 is 72.3 Å². The van der Waals surface area contributed by atoms with Crippen molar-refractivity contribution in [3.63, 3.8) is 0 Å². The molecule has 1 fully saturated rings. The van der Waals surface area contributed by atoms with Gasteiger partial charge in [0.1, 0.15) is 0 Å². The zero-order valence-corrected chi connectivity index (χ0v) is 24.4. The molecule has 4 unspecified atom stereocenters. The van der Waals surface area contributed by atoms with Gasteiger partial charge in [-0.3, -0.25) is 0 Å². The van der Waals surface area contributed by atoms with Crippen LogP contribution in [0.2, 0.25) is 0 Å². The predicted molar refractivity (Wildman–Crippen MR) is 135 cm³/mol. The number of methoxy groups -OCH3 is 1. The molecule has 0 radical (unpaired) electrons. The van der Waals surface area contributed by atoms with Gasteiger partial charge in [-0.2, -0.15) is 0 Å². The third-order valence-electron chi connectivity index (χ3n) is 7.94. The summed E-state index contributed by atoms with van der Waals surface area (Å²) in [7, 11) is 1.33. The number of aromatic hydroxyl groups is 2. The van der Waals surface area contributed by atoms with Crippen LogP contribution in [0.3, 0.4) is 0 Å². The van der Waals surface area contributed by atoms with Gasteiger partial charge >= 0.3 is 213 Å². The van der Waals surface area contributed by atoms with Gasteiger partial charge in [-0.25, -0.2) is 0 Å². The number of nitrogens with one attached hydrogen (secondary N) is 1. The van der Waals surface area contributed by atoms with Crippen LogP contribution in [-0.4, -0.2) is 86.7 Å². The standard InChI is InChI=1S/C27H28NO11.Ir.H2N/c1-10-22(31)13(28)6-17(38-10)39-15-8-27(36,16(30)9-29)7-12-19(15)26(35)21-20(24(12)33)23(32)11-4-3-5-14(37-2)18(11)25(21)34;;/h3-5,10,13,15,17,22,28-29,31,33,35-36H,6-9H2,1-2H3;;1H2/q-1;+2;-1/t10?,13?,15-,17?,22?,27-;;/m0../s1. The van der Waals surface area contributed by atoms with E-state index in [1.54, 1.807) is 6.92 Å². The van der Waals surface area contributed by atoms with Crippen molar-refractivity contribution in [1.29, 1.82) is 0 Å². The van der Waals surface area contributed by atoms with Gasteiger partial charge in [0.15, 0.2) is 0 Å². The Kier molecular flexibility index (Phi) is 8.07. The maximum atomic E-state index is 13.7. The molecule has 13 nitrogen and oxygen atoms in total. The van der Waals surface area contributed by atoms with Crippen LogP contribution < -0.4 is 13.1 Å². The fourth-order valence-electron chi connectivity index (χ4n) is 5.88. The van der Waals surface area contributed by atoms with E-state index in [1.165, 1.54) is 25.3 Å². The van der Waals surface area contributed by atoms with Gasteiger partial charge in [-0.15, -0.1) is 0 Å². The number of ether oxygens (including phenoxy) is 3. The molecule has 1 aliphatic heterocycles. The molecule has 1 saturated heterocycles. The summed E-state index contributed by atoms with van der Waals surface area (Å²) in [4.78, 5) is 40.0. The molecule has 2 aromatic carbocycles. The van der Waals surface area contributed by atoms with Crippen molar-refractivity contribution in [2.45, 2.75) is 62.4 Å². The summed E-state index contributed by atoms with van der Waals surface area (Å²) in [5.74, 6) is -3.74. The third kappa shape index (κ3) is 4.79. The number of phenolic OH excluding ortho intramolecular Hbond substituents is 2. The second kappa shape index (κ2) is 11.1. The number of ketones is 3. The quantitative estimate of drug-likeness (QED) is 0.152. The first-order valence-electron chi connectivity index (χ1n) is 12.7. The van der Waals surface area contributed by atoms with E-state index < -0.39 is 114 Å². The maximum absolute atomic E-state index is 13.7. The van der Waals surface area contributed by atoms with Gasteiger partial charge in [0, 0.05) is 0 Å². The number of carbonyl (C=O) groups excluding carboxylic acids is 3. The van der Waals surface area contributed by atoms with Crippen LogP contribution in [0.1, 0.15) is 68.8 Å². The van der Waals surface area contributed by atoms with Gasteiger partial charge in [0.05, 0.1) is 7.11 Å². The minimum atomic E-state index is -2.24. The van der Waals surface area contributed by atoms with Crippen LogP contribution in [0.15, 0.2) is 18.2 Å². The SMILES string of the molecule is COc1cccc2c1C(=O)c1c(O)c3c(c(O)c1C2=O)C[C@@](O)(C(=O)CO)C[C@@H]3OC1CC([NH][Ir][NH2])C(O)C(C)O1. The van der Waals surface area contributed by atoms with Crippen molar-refractivity contribution >= 4 is 17.3 Å². The predicted octanol–water partition coefficient (Wildman–Crippen LogP) is -0.497. The Morgan fingerprint density at radius 2 is 1.90 bits per heavy atom. The van der Waals surface area contributed by atoms with Crippen LogP contribution in [0.5, 0.6) is 17.2 Å². The van der Waals surface area contributed by atoms with Gasteiger partial charge in [-0.05, 0) is 6.07 Å². The van der Waals surface area contributed by atoms with E-state index >= 15 is 0 Å². The Morgan fingerprint density at radius 3 is 2.56 bits per heavy atom. The molecule has 41 heavy (non-hydrogen) atoms. The number of nitrogens with two attached hydrogens (primary N) is 1. The third-order valence-corrected chi connectivity index (χ3v) is 9.23. The zero-order valence-electron chi connectivity index (χ0n) is 22.0. The number of aliphatic hydroxyl groups excluding tert-OH is 2. The summed E-state index contributed by atoms with van der Waals surface area (Å²) in [5, 5.41) is 54.3. The molecule has 0 aromatic heterocycles. The number of hydrogen-bond acceptors (Lipinski definition) is 13. The monoisotopic (exact) mass is 751 g/mol. The summed E-state index contributed by atoms with van der Waals surface area (Å²) >= 11 is -1.04. The molecule has 0 saturated carbocycles. The Hall–Kier alpha value is -2.78. The molecular weight excluding hydrogens is 721 g/mol. The number of rotatable bonds is 7. The Balaban J connectivity index is 1.66. The molecule has 14 heteroatoms. The fourth-order valence-corrected chi connectivity index (χ4v) is 7.09. The summed E-state index contributed by atoms with van der Waals surface area (Å²) in [6.45, 7) is 0.608. The molecule has 0 spiro atoms. The van der Waals surface area contributed by atoms with E-state index in [1.807, 2.05) is 0 Å². The van der Waals surface area contributed by atoms with Crippen LogP contribution in [0, 0.1) is 0 Å². The first kappa shape index (κ1) is 29.7. The van der Waals surface area contributed by atoms with Crippen LogP contribution in [-0.2, 0) is 38.9 Å². The van der Waals surface area contributed by atoms with E-state index in [2.05, 4.69) is 3.99 Å². The number of hydrogen-bond donors (Lipinski definition) is 7. The molecule has 6 atom stereocenters. The zero-order chi connectivity index (χ0) is 29.8. The minimum absolute atomic E-state index is 0.0494. The van der Waals surface area contributed by atoms with E-state index in [0.29, 0.717) is 0 Å². The fraction of sp³-hybridized carbons (Fsp3) is 0.444. The Labute approximate surface area is 242 Å². The Morgan fingerprint density at radius 1 is 1.20 bits per heavy atom.